The Morgan fingerprint density at radius 2 is 1.19 bits per heavy atom. The van der Waals surface area contributed by atoms with Crippen LogP contribution in [-0.4, -0.2) is 0 Å². The van der Waals surface area contributed by atoms with Crippen molar-refractivity contribution in [3.8, 4) is 10.4 Å². The van der Waals surface area contributed by atoms with Crippen LogP contribution in [0.4, 0.5) is 0 Å². The fourth-order valence-electron chi connectivity index (χ4n) is 2.14. The van der Waals surface area contributed by atoms with E-state index in [9.17, 15) is 0 Å². The first-order valence-electron chi connectivity index (χ1n) is 5.04. The van der Waals surface area contributed by atoms with Crippen molar-refractivity contribution < 1.29 is 0 Å². The smallest absolute Gasteiger partial charge is 0.0512 e. The van der Waals surface area contributed by atoms with E-state index in [-0.39, 0.29) is 0 Å². The topological polar surface area (TPSA) is 0 Å². The molecule has 0 atom stereocenters. The summed E-state index contributed by atoms with van der Waals surface area (Å²) < 4.78 is 0. The quantitative estimate of drug-likeness (QED) is 0.661. The Balaban J connectivity index is 2.33. The van der Waals surface area contributed by atoms with E-state index >= 15 is 0 Å². The first kappa shape index (κ1) is 8.58. The molecule has 0 unspecified atom stereocenters. The van der Waals surface area contributed by atoms with Gasteiger partial charge in [-0.3, -0.25) is 0 Å². The number of rotatable bonds is 0. The molecule has 0 bridgehead atoms. The number of fused-ring (bicyclic) bond motifs is 5. The second kappa shape index (κ2) is 2.98. The molecule has 0 radical (unpaired) electrons. The summed E-state index contributed by atoms with van der Waals surface area (Å²) in [7, 11) is 0. The highest BCUT2D eigenvalue weighted by Gasteiger charge is 2.08. The summed E-state index contributed by atoms with van der Waals surface area (Å²) in [6.45, 7) is 0. The molecule has 0 aromatic heterocycles. The molecule has 0 spiro atoms. The molecule has 0 aliphatic carbocycles. The lowest BCUT2D eigenvalue weighted by Crippen LogP contribution is -2.05. The minimum Gasteiger partial charge on any atom is -0.0917 e. The van der Waals surface area contributed by atoms with Gasteiger partial charge in [0.05, 0.1) is 9.79 Å². The first-order chi connectivity index (χ1) is 7.93. The molecule has 0 N–H and O–H groups in total. The van der Waals surface area contributed by atoms with Gasteiger partial charge in [-0.05, 0) is 12.2 Å². The SMILES string of the molecule is C1#Sc2c(ccc3c4c(ccc23)=CC#S4)=C1. The minimum atomic E-state index is 1.29. The van der Waals surface area contributed by atoms with Gasteiger partial charge in [-0.2, -0.15) is 0 Å². The van der Waals surface area contributed by atoms with Crippen LogP contribution in [0.25, 0.3) is 22.9 Å². The van der Waals surface area contributed by atoms with E-state index in [1.807, 2.05) is 0 Å². The van der Waals surface area contributed by atoms with Crippen molar-refractivity contribution in [3.63, 3.8) is 0 Å². The molecule has 2 aromatic rings. The third kappa shape index (κ3) is 0.996. The van der Waals surface area contributed by atoms with Crippen LogP contribution in [-0.2, 0) is 0 Å². The monoisotopic (exact) mass is 238 g/mol. The number of hydrogen-bond donors (Lipinski definition) is 0. The molecular formula is C14H6S2. The van der Waals surface area contributed by atoms with Crippen molar-refractivity contribution in [2.45, 2.75) is 9.79 Å². The summed E-state index contributed by atoms with van der Waals surface area (Å²) in [5, 5.41) is 11.7. The zero-order valence-electron chi connectivity index (χ0n) is 8.28. The lowest BCUT2D eigenvalue weighted by molar-refractivity contribution is 1.40. The van der Waals surface area contributed by atoms with E-state index in [4.69, 9.17) is 0 Å². The molecule has 74 valence electrons. The van der Waals surface area contributed by atoms with Gasteiger partial charge in [0.2, 0.25) is 0 Å². The summed E-state index contributed by atoms with van der Waals surface area (Å²) in [4.78, 5) is 2.68. The maximum absolute atomic E-state index is 3.21. The van der Waals surface area contributed by atoms with Gasteiger partial charge in [0, 0.05) is 21.2 Å². The lowest BCUT2D eigenvalue weighted by atomic mass is 10.1. The van der Waals surface area contributed by atoms with Crippen molar-refractivity contribution in [2.75, 3.05) is 0 Å². The summed E-state index contributed by atoms with van der Waals surface area (Å²) in [5.74, 6) is 0. The molecule has 0 amide bonds. The fourth-order valence-corrected chi connectivity index (χ4v) is 3.82. The average molecular weight is 238 g/mol. The van der Waals surface area contributed by atoms with Crippen LogP contribution in [0.1, 0.15) is 0 Å². The van der Waals surface area contributed by atoms with Crippen LogP contribution in [0.3, 0.4) is 0 Å². The molecule has 0 fully saturated rings. The number of hydrogen-bond acceptors (Lipinski definition) is 0. The van der Waals surface area contributed by atoms with Crippen LogP contribution >= 0.6 is 22.3 Å². The second-order valence-electron chi connectivity index (χ2n) is 3.79. The van der Waals surface area contributed by atoms with Crippen LogP contribution in [0.15, 0.2) is 34.1 Å². The molecular weight excluding hydrogens is 232 g/mol. The molecule has 0 saturated heterocycles. The summed E-state index contributed by atoms with van der Waals surface area (Å²) in [6, 6.07) is 8.80. The van der Waals surface area contributed by atoms with E-state index in [2.05, 4.69) is 46.8 Å². The van der Waals surface area contributed by atoms with Gasteiger partial charge < -0.3 is 0 Å². The highest BCUT2D eigenvalue weighted by molar-refractivity contribution is 7.89. The van der Waals surface area contributed by atoms with Crippen molar-refractivity contribution in [1.29, 1.82) is 0 Å². The Labute approximate surface area is 100 Å². The Hall–Kier alpha value is -1.56. The van der Waals surface area contributed by atoms with Gasteiger partial charge in [0.1, 0.15) is 0 Å². The molecule has 2 aromatic carbocycles. The van der Waals surface area contributed by atoms with E-state index in [0.717, 1.165) is 0 Å². The third-order valence-corrected chi connectivity index (χ3v) is 4.70. The van der Waals surface area contributed by atoms with Crippen molar-refractivity contribution >= 4 is 45.3 Å². The Bertz CT molecular complexity index is 820. The molecule has 2 aliphatic heterocycles. The van der Waals surface area contributed by atoms with Gasteiger partial charge >= 0.3 is 0 Å². The second-order valence-corrected chi connectivity index (χ2v) is 5.49. The van der Waals surface area contributed by atoms with Crippen LogP contribution in [0.5, 0.6) is 0 Å². The van der Waals surface area contributed by atoms with E-state index < -0.39 is 0 Å². The van der Waals surface area contributed by atoms with Crippen LogP contribution in [0.2, 0.25) is 0 Å². The van der Waals surface area contributed by atoms with Crippen molar-refractivity contribution in [3.05, 3.63) is 34.7 Å². The lowest BCUT2D eigenvalue weighted by Gasteiger charge is -2.02. The largest absolute Gasteiger partial charge is 0.0917 e. The van der Waals surface area contributed by atoms with E-state index in [1.165, 1.54) is 31.0 Å². The van der Waals surface area contributed by atoms with Gasteiger partial charge in [-0.25, -0.2) is 0 Å². The zero-order chi connectivity index (χ0) is 10.5. The Morgan fingerprint density at radius 1 is 0.688 bits per heavy atom. The number of benzene rings is 2. The first-order valence-corrected chi connectivity index (χ1v) is 6.68. The summed E-state index contributed by atoms with van der Waals surface area (Å²) in [6.07, 6.45) is 4.12. The highest BCUT2D eigenvalue weighted by atomic mass is 32.1. The van der Waals surface area contributed by atoms with Gasteiger partial charge in [-0.15, -0.1) is 0 Å². The predicted molar refractivity (Wildman–Crippen MR) is 71.6 cm³/mol. The van der Waals surface area contributed by atoms with Crippen molar-refractivity contribution in [1.82, 2.24) is 0 Å². The Kier molecular flexibility index (Phi) is 1.59. The minimum absolute atomic E-state index is 1.29. The predicted octanol–water partition coefficient (Wildman–Crippen LogP) is 2.53. The van der Waals surface area contributed by atoms with Gasteiger partial charge in [0.25, 0.3) is 0 Å². The molecule has 0 nitrogen and oxygen atoms in total. The average Bonchev–Trinajstić information content (AvgIpc) is 2.96. The van der Waals surface area contributed by atoms with Crippen molar-refractivity contribution in [2.24, 2.45) is 0 Å². The Morgan fingerprint density at radius 3 is 1.69 bits per heavy atom. The molecule has 0 saturated carbocycles. The molecule has 2 heterocycles. The maximum Gasteiger partial charge on any atom is 0.0512 e. The van der Waals surface area contributed by atoms with E-state index in [1.54, 1.807) is 22.3 Å². The highest BCUT2D eigenvalue weighted by Crippen LogP contribution is 2.26. The third-order valence-electron chi connectivity index (χ3n) is 2.91. The fraction of sp³-hybridized carbons (Fsp3) is 0. The van der Waals surface area contributed by atoms with Gasteiger partial charge in [-0.1, -0.05) is 57.0 Å². The maximum atomic E-state index is 3.21. The van der Waals surface area contributed by atoms with Gasteiger partial charge in [0.15, 0.2) is 0 Å². The molecule has 16 heavy (non-hydrogen) atoms. The zero-order valence-corrected chi connectivity index (χ0v) is 9.91. The van der Waals surface area contributed by atoms with Crippen LogP contribution < -0.4 is 10.4 Å². The summed E-state index contributed by atoms with van der Waals surface area (Å²) >= 11 is 3.39. The molecule has 2 aliphatic rings. The van der Waals surface area contributed by atoms with E-state index in [0.29, 0.717) is 0 Å². The molecule has 2 heteroatoms. The molecule has 4 rings (SSSR count). The summed E-state index contributed by atoms with van der Waals surface area (Å²) in [5.41, 5.74) is 0. The van der Waals surface area contributed by atoms with Crippen LogP contribution in [0, 0.1) is 10.4 Å². The normalized spacial score (nSPS) is 13.8. The standard InChI is InChI=1S/C14H6S2/c1-3-11-12(13-9(1)5-7-15-13)4-2-10-6-8-16-14(10)11/h1-6H.